The summed E-state index contributed by atoms with van der Waals surface area (Å²) in [5, 5.41) is 18.6. The van der Waals surface area contributed by atoms with Gasteiger partial charge in [0.25, 0.3) is 0 Å². The van der Waals surface area contributed by atoms with Crippen molar-refractivity contribution in [1.82, 2.24) is 4.31 Å². The molecule has 2 aliphatic rings. The van der Waals surface area contributed by atoms with Crippen LogP contribution in [0.1, 0.15) is 25.7 Å². The van der Waals surface area contributed by atoms with Gasteiger partial charge in [-0.05, 0) is 55.9 Å². The number of hydrogen-bond acceptors (Lipinski definition) is 4. The Bertz CT molecular complexity index is 570. The van der Waals surface area contributed by atoms with Crippen LogP contribution in [-0.4, -0.2) is 41.6 Å². The lowest BCUT2D eigenvalue weighted by Crippen LogP contribution is -2.46. The standard InChI is InChI=1S/C14H19NO4S/c16-9-10-7-11-1-2-12(8-10)15(11)20(18,19)14-5-3-13(17)4-6-14/h3-6,10-12,16-17H,1-2,7-9H2/t10?,11-,12+. The molecule has 6 heteroatoms. The molecule has 5 nitrogen and oxygen atoms in total. The molecule has 1 aromatic rings. The van der Waals surface area contributed by atoms with Crippen LogP contribution in [0.25, 0.3) is 0 Å². The van der Waals surface area contributed by atoms with Gasteiger partial charge < -0.3 is 10.2 Å². The Morgan fingerprint density at radius 3 is 2.15 bits per heavy atom. The Labute approximate surface area is 118 Å². The first-order chi connectivity index (χ1) is 9.52. The first kappa shape index (κ1) is 13.9. The van der Waals surface area contributed by atoms with E-state index in [0.29, 0.717) is 0 Å². The molecule has 0 amide bonds. The first-order valence-electron chi connectivity index (χ1n) is 6.96. The normalized spacial score (nSPS) is 30.6. The molecule has 0 aliphatic carbocycles. The molecule has 110 valence electrons. The average Bonchev–Trinajstić information content (AvgIpc) is 2.71. The molecule has 3 rings (SSSR count). The highest BCUT2D eigenvalue weighted by Crippen LogP contribution is 2.41. The number of rotatable bonds is 3. The molecule has 2 bridgehead atoms. The summed E-state index contributed by atoms with van der Waals surface area (Å²) in [7, 11) is -3.51. The van der Waals surface area contributed by atoms with Crippen molar-refractivity contribution in [1.29, 1.82) is 0 Å². The number of fused-ring (bicyclic) bond motifs is 2. The Hall–Kier alpha value is -1.11. The second kappa shape index (κ2) is 5.02. The fraction of sp³-hybridized carbons (Fsp3) is 0.571. The summed E-state index contributed by atoms with van der Waals surface area (Å²) in [6.07, 6.45) is 3.23. The summed E-state index contributed by atoms with van der Waals surface area (Å²) in [5.41, 5.74) is 0. The van der Waals surface area contributed by atoms with Crippen molar-refractivity contribution in [3.05, 3.63) is 24.3 Å². The SMILES string of the molecule is O=S(=O)(c1ccc(O)cc1)N1[C@@H]2CC[C@H]1CC(CO)C2. The van der Waals surface area contributed by atoms with Crippen LogP contribution >= 0.6 is 0 Å². The van der Waals surface area contributed by atoms with Crippen LogP contribution in [0.15, 0.2) is 29.2 Å². The van der Waals surface area contributed by atoms with Gasteiger partial charge in [-0.1, -0.05) is 0 Å². The monoisotopic (exact) mass is 297 g/mol. The predicted octanol–water partition coefficient (Wildman–Crippen LogP) is 1.32. The fourth-order valence-corrected chi connectivity index (χ4v) is 5.42. The Kier molecular flexibility index (Phi) is 3.48. The minimum atomic E-state index is -3.51. The molecule has 3 atom stereocenters. The molecule has 2 aliphatic heterocycles. The molecule has 0 spiro atoms. The number of aliphatic hydroxyl groups excluding tert-OH is 1. The maximum Gasteiger partial charge on any atom is 0.243 e. The van der Waals surface area contributed by atoms with Crippen molar-refractivity contribution in [2.75, 3.05) is 6.61 Å². The maximum absolute atomic E-state index is 12.7. The zero-order chi connectivity index (χ0) is 14.3. The summed E-state index contributed by atoms with van der Waals surface area (Å²) in [5.74, 6) is 0.282. The van der Waals surface area contributed by atoms with Gasteiger partial charge in [0.1, 0.15) is 5.75 Å². The van der Waals surface area contributed by atoms with Crippen LogP contribution in [0, 0.1) is 5.92 Å². The summed E-state index contributed by atoms with van der Waals surface area (Å²) >= 11 is 0. The third-order valence-electron chi connectivity index (χ3n) is 4.43. The van der Waals surface area contributed by atoms with Crippen LogP contribution in [0.4, 0.5) is 0 Å². The number of aliphatic hydroxyl groups is 1. The van der Waals surface area contributed by atoms with Crippen molar-refractivity contribution in [3.63, 3.8) is 0 Å². The molecule has 0 radical (unpaired) electrons. The van der Waals surface area contributed by atoms with E-state index < -0.39 is 10.0 Å². The average molecular weight is 297 g/mol. The lowest BCUT2D eigenvalue weighted by molar-refractivity contribution is 0.129. The van der Waals surface area contributed by atoms with E-state index in [1.165, 1.54) is 24.3 Å². The predicted molar refractivity (Wildman–Crippen MR) is 73.8 cm³/mol. The highest BCUT2D eigenvalue weighted by Gasteiger charge is 2.46. The molecule has 0 saturated carbocycles. The molecule has 2 saturated heterocycles. The minimum absolute atomic E-state index is 0.00435. The Morgan fingerprint density at radius 1 is 1.10 bits per heavy atom. The topological polar surface area (TPSA) is 77.8 Å². The van der Waals surface area contributed by atoms with Crippen molar-refractivity contribution in [3.8, 4) is 5.75 Å². The van der Waals surface area contributed by atoms with Crippen LogP contribution in [0.3, 0.4) is 0 Å². The van der Waals surface area contributed by atoms with Crippen LogP contribution < -0.4 is 0 Å². The van der Waals surface area contributed by atoms with Gasteiger partial charge in [0, 0.05) is 18.7 Å². The zero-order valence-electron chi connectivity index (χ0n) is 11.1. The van der Waals surface area contributed by atoms with E-state index in [4.69, 9.17) is 0 Å². The molecule has 2 N–H and O–H groups in total. The number of sulfonamides is 1. The molecule has 1 aromatic carbocycles. The van der Waals surface area contributed by atoms with E-state index in [1.807, 2.05) is 0 Å². The lowest BCUT2D eigenvalue weighted by atomic mass is 9.93. The number of aromatic hydroxyl groups is 1. The molecule has 0 aromatic heterocycles. The number of phenols is 1. The number of nitrogens with zero attached hydrogens (tertiary/aromatic N) is 1. The van der Waals surface area contributed by atoms with E-state index in [1.54, 1.807) is 4.31 Å². The summed E-state index contributed by atoms with van der Waals surface area (Å²) in [6.45, 7) is 0.139. The van der Waals surface area contributed by atoms with E-state index in [0.717, 1.165) is 25.7 Å². The number of hydrogen-bond donors (Lipinski definition) is 2. The van der Waals surface area contributed by atoms with Gasteiger partial charge in [0.2, 0.25) is 10.0 Å². The van der Waals surface area contributed by atoms with Crippen LogP contribution in [-0.2, 0) is 10.0 Å². The smallest absolute Gasteiger partial charge is 0.243 e. The molecular formula is C14H19NO4S. The third kappa shape index (κ3) is 2.21. The number of phenolic OH excluding ortho intramolecular Hbond substituents is 1. The fourth-order valence-electron chi connectivity index (χ4n) is 3.53. The highest BCUT2D eigenvalue weighted by atomic mass is 32.2. The van der Waals surface area contributed by atoms with Gasteiger partial charge in [-0.2, -0.15) is 4.31 Å². The maximum atomic E-state index is 12.7. The van der Waals surface area contributed by atoms with Crippen LogP contribution in [0.2, 0.25) is 0 Å². The first-order valence-corrected chi connectivity index (χ1v) is 8.40. The van der Waals surface area contributed by atoms with Crippen molar-refractivity contribution in [2.45, 2.75) is 42.7 Å². The molecular weight excluding hydrogens is 278 g/mol. The highest BCUT2D eigenvalue weighted by molar-refractivity contribution is 7.89. The van der Waals surface area contributed by atoms with E-state index in [2.05, 4.69) is 0 Å². The molecule has 20 heavy (non-hydrogen) atoms. The Morgan fingerprint density at radius 2 is 1.65 bits per heavy atom. The number of piperidine rings is 1. The third-order valence-corrected chi connectivity index (χ3v) is 6.45. The van der Waals surface area contributed by atoms with Crippen molar-refractivity contribution in [2.24, 2.45) is 5.92 Å². The summed E-state index contributed by atoms with van der Waals surface area (Å²) in [6, 6.07) is 5.70. The van der Waals surface area contributed by atoms with E-state index in [-0.39, 0.29) is 35.3 Å². The van der Waals surface area contributed by atoms with Crippen molar-refractivity contribution >= 4 is 10.0 Å². The van der Waals surface area contributed by atoms with E-state index in [9.17, 15) is 18.6 Å². The van der Waals surface area contributed by atoms with E-state index >= 15 is 0 Å². The van der Waals surface area contributed by atoms with Gasteiger partial charge in [0.15, 0.2) is 0 Å². The van der Waals surface area contributed by atoms with Crippen LogP contribution in [0.5, 0.6) is 5.75 Å². The molecule has 2 heterocycles. The summed E-state index contributed by atoms with van der Waals surface area (Å²) < 4.78 is 27.1. The second-order valence-electron chi connectivity index (χ2n) is 5.73. The van der Waals surface area contributed by atoms with Gasteiger partial charge in [0.05, 0.1) is 4.90 Å². The van der Waals surface area contributed by atoms with Gasteiger partial charge >= 0.3 is 0 Å². The quantitative estimate of drug-likeness (QED) is 0.882. The molecule has 1 unspecified atom stereocenters. The lowest BCUT2D eigenvalue weighted by Gasteiger charge is -2.37. The zero-order valence-corrected chi connectivity index (χ0v) is 12.0. The Balaban J connectivity index is 1.91. The van der Waals surface area contributed by atoms with Gasteiger partial charge in [-0.15, -0.1) is 0 Å². The summed E-state index contributed by atoms with van der Waals surface area (Å²) in [4.78, 5) is 0.231. The molecule has 2 fully saturated rings. The second-order valence-corrected chi connectivity index (χ2v) is 7.58. The van der Waals surface area contributed by atoms with Gasteiger partial charge in [-0.25, -0.2) is 8.42 Å². The van der Waals surface area contributed by atoms with Crippen molar-refractivity contribution < 1.29 is 18.6 Å². The largest absolute Gasteiger partial charge is 0.508 e. The number of benzene rings is 1. The van der Waals surface area contributed by atoms with Gasteiger partial charge in [-0.3, -0.25) is 0 Å². The minimum Gasteiger partial charge on any atom is -0.508 e.